The lowest BCUT2D eigenvalue weighted by Gasteiger charge is -2.08. The number of hydrazone groups is 1. The van der Waals surface area contributed by atoms with E-state index in [1.54, 1.807) is 43.3 Å². The fourth-order valence-electron chi connectivity index (χ4n) is 2.25. The Morgan fingerprint density at radius 1 is 1.08 bits per heavy atom. The Bertz CT molecular complexity index is 814. The van der Waals surface area contributed by atoms with Crippen molar-refractivity contribution in [3.05, 3.63) is 64.7 Å². The summed E-state index contributed by atoms with van der Waals surface area (Å²) in [6.45, 7) is 5.75. The van der Waals surface area contributed by atoms with E-state index in [0.717, 1.165) is 5.56 Å². The summed E-state index contributed by atoms with van der Waals surface area (Å²) in [6.07, 6.45) is 0.425. The molecule has 2 rings (SSSR count). The highest BCUT2D eigenvalue weighted by Gasteiger charge is 2.08. The number of amides is 2. The van der Waals surface area contributed by atoms with Crippen molar-refractivity contribution in [3.63, 3.8) is 0 Å². The van der Waals surface area contributed by atoms with Gasteiger partial charge in [-0.2, -0.15) is 5.10 Å². The molecular weight excluding hydrogens is 350 g/mol. The van der Waals surface area contributed by atoms with Gasteiger partial charge in [-0.3, -0.25) is 9.59 Å². The van der Waals surface area contributed by atoms with Crippen LogP contribution in [0.3, 0.4) is 0 Å². The second-order valence-electron chi connectivity index (χ2n) is 6.37. The van der Waals surface area contributed by atoms with E-state index in [4.69, 9.17) is 11.6 Å². The standard InChI is InChI=1S/C20H22ClN3O2/c1-13(2)11-19(25)24-23-14(3)16-5-4-6-18(12-16)22-20(26)15-7-9-17(21)10-8-15/h4-10,12-13H,11H2,1-3H3,(H,22,26)(H,24,25). The third-order valence-corrected chi connectivity index (χ3v) is 3.84. The molecule has 5 nitrogen and oxygen atoms in total. The third kappa shape index (κ3) is 6.01. The lowest BCUT2D eigenvalue weighted by molar-refractivity contribution is -0.121. The zero-order valence-electron chi connectivity index (χ0n) is 15.0. The lowest BCUT2D eigenvalue weighted by Crippen LogP contribution is -2.20. The summed E-state index contributed by atoms with van der Waals surface area (Å²) in [6, 6.07) is 14.0. The number of benzene rings is 2. The largest absolute Gasteiger partial charge is 0.322 e. The SMILES string of the molecule is CC(=NNC(=O)CC(C)C)c1cccc(NC(=O)c2ccc(Cl)cc2)c1. The van der Waals surface area contributed by atoms with Gasteiger partial charge in [0.15, 0.2) is 0 Å². The summed E-state index contributed by atoms with van der Waals surface area (Å²) < 4.78 is 0. The molecule has 0 atom stereocenters. The zero-order chi connectivity index (χ0) is 19.1. The first-order valence-electron chi connectivity index (χ1n) is 8.35. The van der Waals surface area contributed by atoms with Gasteiger partial charge in [0.2, 0.25) is 5.91 Å². The van der Waals surface area contributed by atoms with Gasteiger partial charge < -0.3 is 5.32 Å². The van der Waals surface area contributed by atoms with Crippen LogP contribution in [0.25, 0.3) is 0 Å². The average Bonchev–Trinajstić information content (AvgIpc) is 2.60. The Balaban J connectivity index is 2.05. The van der Waals surface area contributed by atoms with Crippen LogP contribution in [0.5, 0.6) is 0 Å². The first-order valence-corrected chi connectivity index (χ1v) is 8.73. The fourth-order valence-corrected chi connectivity index (χ4v) is 2.38. The maximum absolute atomic E-state index is 12.3. The lowest BCUT2D eigenvalue weighted by atomic mass is 10.1. The van der Waals surface area contributed by atoms with Gasteiger partial charge in [-0.15, -0.1) is 0 Å². The summed E-state index contributed by atoms with van der Waals surface area (Å²) in [7, 11) is 0. The van der Waals surface area contributed by atoms with Crippen LogP contribution in [0.1, 0.15) is 43.1 Å². The van der Waals surface area contributed by atoms with E-state index in [9.17, 15) is 9.59 Å². The second kappa shape index (κ2) is 9.15. The summed E-state index contributed by atoms with van der Waals surface area (Å²) in [4.78, 5) is 24.0. The van der Waals surface area contributed by atoms with Crippen molar-refractivity contribution >= 4 is 34.8 Å². The molecule has 0 radical (unpaired) electrons. The van der Waals surface area contributed by atoms with Gasteiger partial charge in [-0.1, -0.05) is 37.6 Å². The van der Waals surface area contributed by atoms with Crippen LogP contribution in [-0.2, 0) is 4.79 Å². The molecule has 0 spiro atoms. The molecule has 0 aliphatic carbocycles. The number of nitrogens with zero attached hydrogens (tertiary/aromatic N) is 1. The van der Waals surface area contributed by atoms with Gasteiger partial charge >= 0.3 is 0 Å². The van der Waals surface area contributed by atoms with E-state index in [1.165, 1.54) is 0 Å². The molecule has 0 heterocycles. The summed E-state index contributed by atoms with van der Waals surface area (Å²) in [5.41, 5.74) is 5.18. The molecular formula is C20H22ClN3O2. The molecule has 136 valence electrons. The molecule has 0 aliphatic rings. The predicted octanol–water partition coefficient (Wildman–Crippen LogP) is 4.48. The van der Waals surface area contributed by atoms with Crippen LogP contribution < -0.4 is 10.7 Å². The maximum Gasteiger partial charge on any atom is 0.255 e. The van der Waals surface area contributed by atoms with Crippen LogP contribution >= 0.6 is 11.6 Å². The predicted molar refractivity (Wildman–Crippen MR) is 106 cm³/mol. The maximum atomic E-state index is 12.3. The number of hydrogen-bond acceptors (Lipinski definition) is 3. The minimum absolute atomic E-state index is 0.119. The van der Waals surface area contributed by atoms with Crippen molar-refractivity contribution in [2.24, 2.45) is 11.0 Å². The molecule has 0 aliphatic heterocycles. The summed E-state index contributed by atoms with van der Waals surface area (Å²) in [5, 5.41) is 7.54. The molecule has 2 amide bonds. The van der Waals surface area contributed by atoms with Crippen molar-refractivity contribution < 1.29 is 9.59 Å². The van der Waals surface area contributed by atoms with Crippen molar-refractivity contribution in [2.75, 3.05) is 5.32 Å². The van der Waals surface area contributed by atoms with Crippen LogP contribution in [0.2, 0.25) is 5.02 Å². The van der Waals surface area contributed by atoms with Crippen LogP contribution in [0, 0.1) is 5.92 Å². The average molecular weight is 372 g/mol. The smallest absolute Gasteiger partial charge is 0.255 e. The van der Waals surface area contributed by atoms with Gasteiger partial charge in [0.05, 0.1) is 5.71 Å². The van der Waals surface area contributed by atoms with Crippen molar-refractivity contribution in [3.8, 4) is 0 Å². The van der Waals surface area contributed by atoms with Crippen LogP contribution in [-0.4, -0.2) is 17.5 Å². The first-order chi connectivity index (χ1) is 12.3. The molecule has 0 saturated heterocycles. The Kier molecular flexibility index (Phi) is 6.92. The summed E-state index contributed by atoms with van der Waals surface area (Å²) in [5.74, 6) is -0.0675. The number of halogens is 1. The normalized spacial score (nSPS) is 11.3. The Labute approximate surface area is 158 Å². The molecule has 0 aromatic heterocycles. The van der Waals surface area contributed by atoms with Crippen molar-refractivity contribution in [1.82, 2.24) is 5.43 Å². The number of hydrogen-bond donors (Lipinski definition) is 2. The van der Waals surface area contributed by atoms with E-state index < -0.39 is 0 Å². The number of carbonyl (C=O) groups is 2. The van der Waals surface area contributed by atoms with Gasteiger partial charge in [-0.25, -0.2) is 5.43 Å². The molecule has 0 bridgehead atoms. The monoisotopic (exact) mass is 371 g/mol. The number of rotatable bonds is 6. The molecule has 0 fully saturated rings. The van der Waals surface area contributed by atoms with Crippen LogP contribution in [0.15, 0.2) is 53.6 Å². The van der Waals surface area contributed by atoms with Crippen molar-refractivity contribution in [2.45, 2.75) is 27.2 Å². The molecule has 2 aromatic carbocycles. The minimum Gasteiger partial charge on any atom is -0.322 e. The molecule has 0 saturated carbocycles. The number of carbonyl (C=O) groups excluding carboxylic acids is 2. The minimum atomic E-state index is -0.223. The van der Waals surface area contributed by atoms with E-state index in [-0.39, 0.29) is 17.7 Å². The fraction of sp³-hybridized carbons (Fsp3) is 0.250. The highest BCUT2D eigenvalue weighted by Crippen LogP contribution is 2.15. The molecule has 26 heavy (non-hydrogen) atoms. The number of anilines is 1. The third-order valence-electron chi connectivity index (χ3n) is 3.59. The Morgan fingerprint density at radius 3 is 2.42 bits per heavy atom. The second-order valence-corrected chi connectivity index (χ2v) is 6.81. The molecule has 6 heteroatoms. The highest BCUT2D eigenvalue weighted by atomic mass is 35.5. The Morgan fingerprint density at radius 2 is 1.77 bits per heavy atom. The van der Waals surface area contributed by atoms with E-state index in [1.807, 2.05) is 26.0 Å². The van der Waals surface area contributed by atoms with Crippen LogP contribution in [0.4, 0.5) is 5.69 Å². The van der Waals surface area contributed by atoms with Gasteiger partial charge in [0, 0.05) is 22.7 Å². The quantitative estimate of drug-likeness (QED) is 0.580. The van der Waals surface area contributed by atoms with Gasteiger partial charge in [0.1, 0.15) is 0 Å². The van der Waals surface area contributed by atoms with Gasteiger partial charge in [0.25, 0.3) is 5.91 Å². The molecule has 2 aromatic rings. The molecule has 0 unspecified atom stereocenters. The van der Waals surface area contributed by atoms with E-state index in [0.29, 0.717) is 28.4 Å². The summed E-state index contributed by atoms with van der Waals surface area (Å²) >= 11 is 5.84. The first kappa shape index (κ1) is 19.7. The van der Waals surface area contributed by atoms with E-state index >= 15 is 0 Å². The van der Waals surface area contributed by atoms with E-state index in [2.05, 4.69) is 15.8 Å². The Hall–Kier alpha value is -2.66. The molecule has 2 N–H and O–H groups in total. The van der Waals surface area contributed by atoms with Gasteiger partial charge in [-0.05, 0) is 54.8 Å². The number of nitrogens with one attached hydrogen (secondary N) is 2. The van der Waals surface area contributed by atoms with Crippen molar-refractivity contribution in [1.29, 1.82) is 0 Å². The highest BCUT2D eigenvalue weighted by molar-refractivity contribution is 6.30. The topological polar surface area (TPSA) is 70.6 Å². The zero-order valence-corrected chi connectivity index (χ0v) is 15.8.